The molecule has 0 unspecified atom stereocenters. The Morgan fingerprint density at radius 1 is 1.15 bits per heavy atom. The van der Waals surface area contributed by atoms with E-state index in [0.717, 1.165) is 51.3 Å². The number of para-hydroxylation sites is 1. The lowest BCUT2D eigenvalue weighted by Gasteiger charge is -2.34. The lowest BCUT2D eigenvalue weighted by atomic mass is 10.1. The molecule has 1 aliphatic rings. The number of nitrogens with one attached hydrogen (secondary N) is 1. The van der Waals surface area contributed by atoms with Gasteiger partial charge in [-0.05, 0) is 32.0 Å². The van der Waals surface area contributed by atoms with Crippen molar-refractivity contribution in [3.63, 3.8) is 0 Å². The van der Waals surface area contributed by atoms with Crippen LogP contribution in [0.4, 0.5) is 0 Å². The van der Waals surface area contributed by atoms with Gasteiger partial charge in [-0.25, -0.2) is 0 Å². The molecule has 1 fully saturated rings. The number of nitrogens with zero attached hydrogens (tertiary/aromatic N) is 3. The highest BCUT2D eigenvalue weighted by Crippen LogP contribution is 2.21. The maximum atomic E-state index is 12.7. The predicted octanol–water partition coefficient (Wildman–Crippen LogP) is 2.35. The first-order valence-corrected chi connectivity index (χ1v) is 9.87. The van der Waals surface area contributed by atoms with E-state index in [2.05, 4.69) is 65.0 Å². The van der Waals surface area contributed by atoms with Crippen molar-refractivity contribution in [1.29, 1.82) is 0 Å². The molecule has 3 rings (SSSR count). The van der Waals surface area contributed by atoms with E-state index in [4.69, 9.17) is 0 Å². The van der Waals surface area contributed by atoms with Gasteiger partial charge in [0.25, 0.3) is 0 Å². The summed E-state index contributed by atoms with van der Waals surface area (Å²) in [5.41, 5.74) is 2.33. The van der Waals surface area contributed by atoms with Crippen LogP contribution in [0.15, 0.2) is 30.5 Å². The molecule has 1 aliphatic heterocycles. The summed E-state index contributed by atoms with van der Waals surface area (Å²) in [7, 11) is 2.17. The second-order valence-corrected chi connectivity index (χ2v) is 7.41. The van der Waals surface area contributed by atoms with Crippen molar-refractivity contribution in [2.75, 3.05) is 39.8 Å². The minimum absolute atomic E-state index is 0.130. The maximum absolute atomic E-state index is 12.7. The molecule has 1 aromatic heterocycles. The van der Waals surface area contributed by atoms with Gasteiger partial charge in [0.05, 0.1) is 6.42 Å². The average molecular weight is 357 g/mol. The van der Waals surface area contributed by atoms with Crippen molar-refractivity contribution >= 4 is 16.8 Å². The highest BCUT2D eigenvalue weighted by atomic mass is 16.1. The number of aromatic nitrogens is 1. The van der Waals surface area contributed by atoms with Gasteiger partial charge in [-0.2, -0.15) is 0 Å². The molecule has 0 bridgehead atoms. The van der Waals surface area contributed by atoms with Gasteiger partial charge in [0.1, 0.15) is 0 Å². The third-order valence-corrected chi connectivity index (χ3v) is 5.50. The molecule has 2 heterocycles. The molecule has 0 spiro atoms. The van der Waals surface area contributed by atoms with Crippen molar-refractivity contribution in [1.82, 2.24) is 19.7 Å². The number of carbonyl (C=O) groups is 1. The molecule has 5 heteroatoms. The van der Waals surface area contributed by atoms with Gasteiger partial charge >= 0.3 is 0 Å². The molecular formula is C21H32N4O. The zero-order valence-electron chi connectivity index (χ0n) is 16.4. The highest BCUT2D eigenvalue weighted by Gasteiger charge is 2.19. The van der Waals surface area contributed by atoms with Crippen LogP contribution in [0, 0.1) is 0 Å². The third-order valence-electron chi connectivity index (χ3n) is 5.50. The van der Waals surface area contributed by atoms with E-state index >= 15 is 0 Å². The first-order chi connectivity index (χ1) is 12.6. The first-order valence-electron chi connectivity index (χ1n) is 9.87. The SMILES string of the molecule is CC[C@H](CN1CCN(C)CC1)NC(=O)Cc1cn(CC)c2ccccc12. The average Bonchev–Trinajstić information content (AvgIpc) is 3.00. The molecule has 5 nitrogen and oxygen atoms in total. The summed E-state index contributed by atoms with van der Waals surface area (Å²) in [6.07, 6.45) is 3.55. The van der Waals surface area contributed by atoms with Gasteiger partial charge in [-0.1, -0.05) is 25.1 Å². The Morgan fingerprint density at radius 3 is 2.58 bits per heavy atom. The fourth-order valence-corrected chi connectivity index (χ4v) is 3.80. The number of rotatable bonds is 7. The molecule has 0 aliphatic carbocycles. The van der Waals surface area contributed by atoms with Crippen molar-refractivity contribution in [3.8, 4) is 0 Å². The van der Waals surface area contributed by atoms with Gasteiger partial charge in [-0.15, -0.1) is 0 Å². The Kier molecular flexibility index (Phi) is 6.33. The number of hydrogen-bond acceptors (Lipinski definition) is 3. The minimum atomic E-state index is 0.130. The van der Waals surface area contributed by atoms with Crippen LogP contribution in [0.1, 0.15) is 25.8 Å². The van der Waals surface area contributed by atoms with E-state index < -0.39 is 0 Å². The number of hydrogen-bond donors (Lipinski definition) is 1. The molecular weight excluding hydrogens is 324 g/mol. The van der Waals surface area contributed by atoms with E-state index in [1.165, 1.54) is 10.9 Å². The summed E-state index contributed by atoms with van der Waals surface area (Å²) in [4.78, 5) is 17.5. The van der Waals surface area contributed by atoms with Gasteiger partial charge in [0.2, 0.25) is 5.91 Å². The summed E-state index contributed by atoms with van der Waals surface area (Å²) in [5, 5.41) is 4.45. The Labute approximate surface area is 157 Å². The van der Waals surface area contributed by atoms with E-state index in [9.17, 15) is 4.79 Å². The van der Waals surface area contributed by atoms with Crippen LogP contribution in [0.5, 0.6) is 0 Å². The summed E-state index contributed by atoms with van der Waals surface area (Å²) in [6.45, 7) is 10.6. The maximum Gasteiger partial charge on any atom is 0.224 e. The molecule has 1 amide bonds. The molecule has 2 aromatic rings. The highest BCUT2D eigenvalue weighted by molar-refractivity contribution is 5.89. The van der Waals surface area contributed by atoms with Crippen LogP contribution in [0.3, 0.4) is 0 Å². The van der Waals surface area contributed by atoms with Crippen LogP contribution in [0.25, 0.3) is 10.9 Å². The van der Waals surface area contributed by atoms with Crippen LogP contribution >= 0.6 is 0 Å². The number of piperazine rings is 1. The topological polar surface area (TPSA) is 40.5 Å². The van der Waals surface area contributed by atoms with Crippen molar-refractivity contribution in [3.05, 3.63) is 36.0 Å². The molecule has 26 heavy (non-hydrogen) atoms. The summed E-state index contributed by atoms with van der Waals surface area (Å²) >= 11 is 0. The molecule has 0 radical (unpaired) electrons. The summed E-state index contributed by atoms with van der Waals surface area (Å²) in [6, 6.07) is 8.58. The minimum Gasteiger partial charge on any atom is -0.352 e. The smallest absolute Gasteiger partial charge is 0.224 e. The quantitative estimate of drug-likeness (QED) is 0.828. The molecule has 0 saturated carbocycles. The number of carbonyl (C=O) groups excluding carboxylic acids is 1. The van der Waals surface area contributed by atoms with Crippen LogP contribution in [0.2, 0.25) is 0 Å². The van der Waals surface area contributed by atoms with Crippen LogP contribution < -0.4 is 5.32 Å². The van der Waals surface area contributed by atoms with E-state index in [-0.39, 0.29) is 11.9 Å². The predicted molar refractivity (Wildman–Crippen MR) is 107 cm³/mol. The number of amides is 1. The van der Waals surface area contributed by atoms with Crippen molar-refractivity contribution < 1.29 is 4.79 Å². The lowest BCUT2D eigenvalue weighted by molar-refractivity contribution is -0.121. The van der Waals surface area contributed by atoms with E-state index in [1.54, 1.807) is 0 Å². The molecule has 142 valence electrons. The van der Waals surface area contributed by atoms with Crippen molar-refractivity contribution in [2.24, 2.45) is 0 Å². The fourth-order valence-electron chi connectivity index (χ4n) is 3.80. The number of aryl methyl sites for hydroxylation is 1. The Bertz CT molecular complexity index is 731. The molecule has 1 saturated heterocycles. The largest absolute Gasteiger partial charge is 0.352 e. The first kappa shape index (κ1) is 18.9. The third kappa shape index (κ3) is 4.46. The van der Waals surface area contributed by atoms with E-state index in [1.807, 2.05) is 6.07 Å². The molecule has 1 aromatic carbocycles. The Balaban J connectivity index is 1.61. The van der Waals surface area contributed by atoms with Crippen LogP contribution in [-0.2, 0) is 17.8 Å². The summed E-state index contributed by atoms with van der Waals surface area (Å²) in [5.74, 6) is 0.130. The second kappa shape index (κ2) is 8.69. The Morgan fingerprint density at radius 2 is 1.88 bits per heavy atom. The molecule has 1 N–H and O–H groups in total. The number of likely N-dealkylation sites (N-methyl/N-ethyl adjacent to an activating group) is 1. The van der Waals surface area contributed by atoms with Crippen molar-refractivity contribution in [2.45, 2.75) is 39.3 Å². The van der Waals surface area contributed by atoms with Crippen LogP contribution in [-0.4, -0.2) is 66.1 Å². The van der Waals surface area contributed by atoms with Gasteiger partial charge in [0, 0.05) is 62.4 Å². The zero-order chi connectivity index (χ0) is 18.5. The summed E-state index contributed by atoms with van der Waals surface area (Å²) < 4.78 is 2.22. The van der Waals surface area contributed by atoms with Gasteiger partial charge in [0.15, 0.2) is 0 Å². The van der Waals surface area contributed by atoms with Gasteiger partial charge < -0.3 is 14.8 Å². The molecule has 1 atom stereocenters. The number of benzene rings is 1. The normalized spacial score (nSPS) is 17.5. The Hall–Kier alpha value is -1.85. The number of fused-ring (bicyclic) bond motifs is 1. The fraction of sp³-hybridized carbons (Fsp3) is 0.571. The lowest BCUT2D eigenvalue weighted by Crippen LogP contribution is -2.50. The second-order valence-electron chi connectivity index (χ2n) is 7.41. The standard InChI is InChI=1S/C21H32N4O/c1-4-18(16-24-12-10-23(3)11-13-24)22-21(26)14-17-15-25(5-2)20-9-7-6-8-19(17)20/h6-9,15,18H,4-5,10-14,16H2,1-3H3,(H,22,26)/t18-/m1/s1. The van der Waals surface area contributed by atoms with E-state index in [0.29, 0.717) is 6.42 Å². The monoisotopic (exact) mass is 356 g/mol. The van der Waals surface area contributed by atoms with Gasteiger partial charge in [-0.3, -0.25) is 9.69 Å². The zero-order valence-corrected chi connectivity index (χ0v) is 16.4.